The van der Waals surface area contributed by atoms with Gasteiger partial charge in [-0.2, -0.15) is 5.10 Å². The molecule has 3 aromatic rings. The molecule has 0 atom stereocenters. The number of furan rings is 1. The fourth-order valence-corrected chi connectivity index (χ4v) is 3.02. The monoisotopic (exact) mass is 414 g/mol. The molecule has 0 unspecified atom stereocenters. The fraction of sp³-hybridized carbons (Fsp3) is 0.286. The highest BCUT2D eigenvalue weighted by Crippen LogP contribution is 2.25. The Balaban J connectivity index is 1.95. The molecule has 1 aromatic carbocycles. The number of nitrogens with zero attached hydrogens (tertiary/aromatic N) is 3. The molecule has 2 amide bonds. The van der Waals surface area contributed by atoms with Crippen molar-refractivity contribution in [2.75, 3.05) is 13.1 Å². The van der Waals surface area contributed by atoms with Gasteiger partial charge >= 0.3 is 0 Å². The topological polar surface area (TPSA) is 80.4 Å². The van der Waals surface area contributed by atoms with Gasteiger partial charge in [-0.3, -0.25) is 9.59 Å². The molecule has 7 nitrogen and oxygen atoms in total. The highest BCUT2D eigenvalue weighted by Gasteiger charge is 2.23. The summed E-state index contributed by atoms with van der Waals surface area (Å²) in [6.07, 6.45) is 1.56. The zero-order valence-electron chi connectivity index (χ0n) is 16.6. The fourth-order valence-electron chi connectivity index (χ4n) is 2.89. The number of hydrogen-bond donors (Lipinski definition) is 1. The first-order valence-corrected chi connectivity index (χ1v) is 9.75. The van der Waals surface area contributed by atoms with Crippen LogP contribution in [-0.4, -0.2) is 45.6 Å². The van der Waals surface area contributed by atoms with Gasteiger partial charge in [0.2, 0.25) is 5.91 Å². The second-order valence-electron chi connectivity index (χ2n) is 6.82. The molecule has 8 heteroatoms. The Morgan fingerprint density at radius 3 is 2.55 bits per heavy atom. The molecule has 3 rings (SSSR count). The summed E-state index contributed by atoms with van der Waals surface area (Å²) >= 11 is 5.99. The van der Waals surface area contributed by atoms with Gasteiger partial charge in [0, 0.05) is 23.7 Å². The lowest BCUT2D eigenvalue weighted by Gasteiger charge is -2.20. The SMILES string of the molecule is CCN(CC(=O)NC(C)C)C(=O)c1cc(-c2ccco2)n(-c2ccc(Cl)cc2)n1. The quantitative estimate of drug-likeness (QED) is 0.638. The largest absolute Gasteiger partial charge is 0.463 e. The summed E-state index contributed by atoms with van der Waals surface area (Å²) < 4.78 is 7.15. The average molecular weight is 415 g/mol. The lowest BCUT2D eigenvalue weighted by Crippen LogP contribution is -2.42. The van der Waals surface area contributed by atoms with Crippen molar-refractivity contribution in [3.63, 3.8) is 0 Å². The molecule has 0 bridgehead atoms. The van der Waals surface area contributed by atoms with Gasteiger partial charge in [0.25, 0.3) is 5.91 Å². The van der Waals surface area contributed by atoms with E-state index in [1.165, 1.54) is 4.90 Å². The first kappa shape index (κ1) is 20.7. The summed E-state index contributed by atoms with van der Waals surface area (Å²) in [4.78, 5) is 26.6. The third-order valence-electron chi connectivity index (χ3n) is 4.23. The van der Waals surface area contributed by atoms with E-state index in [2.05, 4.69) is 10.4 Å². The van der Waals surface area contributed by atoms with E-state index in [9.17, 15) is 9.59 Å². The van der Waals surface area contributed by atoms with Crippen LogP contribution in [0.4, 0.5) is 0 Å². The number of likely N-dealkylation sites (N-methyl/N-ethyl adjacent to an activating group) is 1. The van der Waals surface area contributed by atoms with Gasteiger partial charge in [0.15, 0.2) is 11.5 Å². The first-order valence-electron chi connectivity index (χ1n) is 9.37. The van der Waals surface area contributed by atoms with Gasteiger partial charge < -0.3 is 14.6 Å². The van der Waals surface area contributed by atoms with Gasteiger partial charge in [0.1, 0.15) is 5.69 Å². The van der Waals surface area contributed by atoms with Crippen molar-refractivity contribution in [1.29, 1.82) is 0 Å². The zero-order valence-corrected chi connectivity index (χ0v) is 17.3. The van der Waals surface area contributed by atoms with Gasteiger partial charge in [-0.15, -0.1) is 0 Å². The van der Waals surface area contributed by atoms with E-state index in [1.54, 1.807) is 41.3 Å². The van der Waals surface area contributed by atoms with Crippen molar-refractivity contribution in [3.05, 3.63) is 59.4 Å². The molecular formula is C21H23ClN4O3. The third-order valence-corrected chi connectivity index (χ3v) is 4.48. The molecule has 0 fully saturated rings. The second kappa shape index (κ2) is 8.96. The smallest absolute Gasteiger partial charge is 0.274 e. The molecule has 0 saturated heterocycles. The summed E-state index contributed by atoms with van der Waals surface area (Å²) in [5, 5.41) is 7.89. The predicted octanol–water partition coefficient (Wildman–Crippen LogP) is 3.77. The number of halogens is 1. The molecule has 0 spiro atoms. The van der Waals surface area contributed by atoms with Crippen LogP contribution in [0.2, 0.25) is 5.02 Å². The standard InChI is InChI=1S/C21H23ClN4O3/c1-4-25(13-20(27)23-14(2)3)21(28)17-12-18(19-6-5-11-29-19)26(24-17)16-9-7-15(22)8-10-16/h5-12,14H,4,13H2,1-3H3,(H,23,27). The normalized spacial score (nSPS) is 10.9. The predicted molar refractivity (Wildman–Crippen MR) is 111 cm³/mol. The summed E-state index contributed by atoms with van der Waals surface area (Å²) in [6, 6.07) is 12.4. The van der Waals surface area contributed by atoms with Crippen molar-refractivity contribution < 1.29 is 14.0 Å². The molecule has 0 aliphatic heterocycles. The van der Waals surface area contributed by atoms with Crippen molar-refractivity contribution in [2.24, 2.45) is 0 Å². The molecule has 2 aromatic heterocycles. The van der Waals surface area contributed by atoms with Crippen molar-refractivity contribution in [2.45, 2.75) is 26.8 Å². The van der Waals surface area contributed by atoms with Gasteiger partial charge in [-0.1, -0.05) is 11.6 Å². The van der Waals surface area contributed by atoms with Crippen LogP contribution in [-0.2, 0) is 4.79 Å². The molecule has 2 heterocycles. The van der Waals surface area contributed by atoms with Crippen LogP contribution >= 0.6 is 11.6 Å². The van der Waals surface area contributed by atoms with E-state index in [-0.39, 0.29) is 30.1 Å². The van der Waals surface area contributed by atoms with E-state index < -0.39 is 0 Å². The van der Waals surface area contributed by atoms with Crippen molar-refractivity contribution >= 4 is 23.4 Å². The minimum atomic E-state index is -0.327. The molecule has 0 aliphatic carbocycles. The molecule has 0 radical (unpaired) electrons. The lowest BCUT2D eigenvalue weighted by molar-refractivity contribution is -0.122. The first-order chi connectivity index (χ1) is 13.9. The number of benzene rings is 1. The van der Waals surface area contributed by atoms with Crippen LogP contribution in [0.5, 0.6) is 0 Å². The van der Waals surface area contributed by atoms with E-state index in [0.29, 0.717) is 23.0 Å². The van der Waals surface area contributed by atoms with Crippen molar-refractivity contribution in [3.8, 4) is 17.1 Å². The third kappa shape index (κ3) is 4.86. The minimum Gasteiger partial charge on any atom is -0.463 e. The highest BCUT2D eigenvalue weighted by molar-refractivity contribution is 6.30. The maximum absolute atomic E-state index is 13.0. The highest BCUT2D eigenvalue weighted by atomic mass is 35.5. The van der Waals surface area contributed by atoms with Crippen LogP contribution < -0.4 is 5.32 Å². The number of hydrogen-bond acceptors (Lipinski definition) is 4. The summed E-state index contributed by atoms with van der Waals surface area (Å²) in [5.74, 6) is 0.0395. The van der Waals surface area contributed by atoms with E-state index >= 15 is 0 Å². The molecule has 0 saturated carbocycles. The molecule has 29 heavy (non-hydrogen) atoms. The second-order valence-corrected chi connectivity index (χ2v) is 7.26. The number of amides is 2. The van der Waals surface area contributed by atoms with Crippen molar-refractivity contribution in [1.82, 2.24) is 20.0 Å². The maximum Gasteiger partial charge on any atom is 0.274 e. The van der Waals surface area contributed by atoms with E-state index in [1.807, 2.05) is 32.9 Å². The van der Waals surface area contributed by atoms with Crippen LogP contribution in [0, 0.1) is 0 Å². The Hall–Kier alpha value is -3.06. The number of nitrogens with one attached hydrogen (secondary N) is 1. The number of aromatic nitrogens is 2. The van der Waals surface area contributed by atoms with Gasteiger partial charge in [-0.05, 0) is 57.2 Å². The van der Waals surface area contributed by atoms with E-state index in [4.69, 9.17) is 16.0 Å². The lowest BCUT2D eigenvalue weighted by atomic mass is 10.2. The Labute approximate surface area is 174 Å². The number of carbonyl (C=O) groups excluding carboxylic acids is 2. The van der Waals surface area contributed by atoms with Gasteiger partial charge in [0.05, 0.1) is 18.5 Å². The van der Waals surface area contributed by atoms with Gasteiger partial charge in [-0.25, -0.2) is 4.68 Å². The maximum atomic E-state index is 13.0. The van der Waals surface area contributed by atoms with Crippen LogP contribution in [0.1, 0.15) is 31.3 Å². The number of carbonyl (C=O) groups is 2. The Bertz CT molecular complexity index is 978. The van der Waals surface area contributed by atoms with E-state index in [0.717, 1.165) is 5.69 Å². The molecule has 152 valence electrons. The Morgan fingerprint density at radius 2 is 1.97 bits per heavy atom. The number of rotatable bonds is 7. The summed E-state index contributed by atoms with van der Waals surface area (Å²) in [5.41, 5.74) is 1.59. The Morgan fingerprint density at radius 1 is 1.24 bits per heavy atom. The molecule has 0 aliphatic rings. The van der Waals surface area contributed by atoms with Crippen LogP contribution in [0.25, 0.3) is 17.1 Å². The summed E-state index contributed by atoms with van der Waals surface area (Å²) in [6.45, 7) is 5.93. The Kier molecular flexibility index (Phi) is 6.39. The molecular weight excluding hydrogens is 392 g/mol. The minimum absolute atomic E-state index is 0.00553. The molecule has 1 N–H and O–H groups in total. The van der Waals surface area contributed by atoms with Crippen LogP contribution in [0.15, 0.2) is 53.1 Å². The zero-order chi connectivity index (χ0) is 21.0. The average Bonchev–Trinajstić information content (AvgIpc) is 3.35. The summed E-state index contributed by atoms with van der Waals surface area (Å²) in [7, 11) is 0. The van der Waals surface area contributed by atoms with Crippen LogP contribution in [0.3, 0.4) is 0 Å².